The maximum atomic E-state index is 10.5. The predicted octanol–water partition coefficient (Wildman–Crippen LogP) is 0.660. The molecule has 0 radical (unpaired) electrons. The summed E-state index contributed by atoms with van der Waals surface area (Å²) in [4.78, 5) is 19.5. The highest BCUT2D eigenvalue weighted by molar-refractivity contribution is 9.09. The highest BCUT2D eigenvalue weighted by Gasteiger charge is 2.01. The SMILES string of the molecule is C[SiH](O)CCCOC(=O)CBr. The molecule has 1 atom stereocenters. The van der Waals surface area contributed by atoms with Gasteiger partial charge in [-0.2, -0.15) is 0 Å². The highest BCUT2D eigenvalue weighted by atomic mass is 79.9. The van der Waals surface area contributed by atoms with Gasteiger partial charge in [-0.05, 0) is 19.0 Å². The number of hydrogen-bond acceptors (Lipinski definition) is 3. The van der Waals surface area contributed by atoms with Crippen molar-refractivity contribution in [2.24, 2.45) is 0 Å². The number of alkyl halides is 1. The fourth-order valence-corrected chi connectivity index (χ4v) is 1.52. The van der Waals surface area contributed by atoms with E-state index < -0.39 is 9.04 Å². The minimum Gasteiger partial charge on any atom is -0.465 e. The summed E-state index contributed by atoms with van der Waals surface area (Å²) in [7, 11) is -1.45. The molecule has 0 aromatic heterocycles. The Morgan fingerprint density at radius 3 is 2.82 bits per heavy atom. The molecule has 1 N–H and O–H groups in total. The minimum atomic E-state index is -1.45. The Kier molecular flexibility index (Phi) is 6.89. The van der Waals surface area contributed by atoms with Crippen LogP contribution in [0.5, 0.6) is 0 Å². The van der Waals surface area contributed by atoms with Crippen molar-refractivity contribution < 1.29 is 14.3 Å². The molecular weight excluding hydrogens is 228 g/mol. The first-order valence-electron chi connectivity index (χ1n) is 3.56. The summed E-state index contributed by atoms with van der Waals surface area (Å²) in [6.45, 7) is 2.29. The van der Waals surface area contributed by atoms with Crippen molar-refractivity contribution in [3.05, 3.63) is 0 Å². The monoisotopic (exact) mass is 240 g/mol. The van der Waals surface area contributed by atoms with Crippen LogP contribution in [-0.4, -0.2) is 31.7 Å². The average molecular weight is 241 g/mol. The van der Waals surface area contributed by atoms with Crippen molar-refractivity contribution >= 4 is 30.9 Å². The van der Waals surface area contributed by atoms with Crippen LogP contribution in [0, 0.1) is 0 Å². The van der Waals surface area contributed by atoms with E-state index in [1.54, 1.807) is 0 Å². The molecule has 0 aliphatic heterocycles. The molecule has 0 spiro atoms. The lowest BCUT2D eigenvalue weighted by Crippen LogP contribution is -2.10. The molecule has 66 valence electrons. The van der Waals surface area contributed by atoms with Gasteiger partial charge in [0.1, 0.15) is 5.33 Å². The van der Waals surface area contributed by atoms with Crippen LogP contribution in [0.1, 0.15) is 6.42 Å². The Hall–Kier alpha value is 0.127. The van der Waals surface area contributed by atoms with Gasteiger partial charge in [-0.25, -0.2) is 0 Å². The number of hydrogen-bond donors (Lipinski definition) is 1. The van der Waals surface area contributed by atoms with Gasteiger partial charge in [0.2, 0.25) is 0 Å². The van der Waals surface area contributed by atoms with E-state index in [4.69, 9.17) is 9.53 Å². The van der Waals surface area contributed by atoms with E-state index >= 15 is 0 Å². The van der Waals surface area contributed by atoms with Crippen molar-refractivity contribution in [1.82, 2.24) is 0 Å². The Balaban J connectivity index is 3.08. The lowest BCUT2D eigenvalue weighted by Gasteiger charge is -2.02. The third kappa shape index (κ3) is 8.03. The van der Waals surface area contributed by atoms with Gasteiger partial charge in [-0.3, -0.25) is 4.79 Å². The smallest absolute Gasteiger partial charge is 0.316 e. The van der Waals surface area contributed by atoms with Crippen LogP contribution in [0.25, 0.3) is 0 Å². The molecule has 0 aliphatic rings. The fraction of sp³-hybridized carbons (Fsp3) is 0.833. The van der Waals surface area contributed by atoms with Gasteiger partial charge in [0.05, 0.1) is 6.61 Å². The third-order valence-corrected chi connectivity index (χ3v) is 2.84. The van der Waals surface area contributed by atoms with Gasteiger partial charge < -0.3 is 9.53 Å². The zero-order chi connectivity index (χ0) is 8.69. The molecule has 5 heteroatoms. The van der Waals surface area contributed by atoms with Crippen molar-refractivity contribution in [1.29, 1.82) is 0 Å². The van der Waals surface area contributed by atoms with E-state index in [0.717, 1.165) is 12.5 Å². The van der Waals surface area contributed by atoms with Crippen molar-refractivity contribution in [3.63, 3.8) is 0 Å². The second-order valence-corrected chi connectivity index (χ2v) is 5.18. The van der Waals surface area contributed by atoms with Crippen LogP contribution >= 0.6 is 15.9 Å². The normalized spacial score (nSPS) is 12.6. The lowest BCUT2D eigenvalue weighted by atomic mass is 10.5. The topological polar surface area (TPSA) is 46.5 Å². The van der Waals surface area contributed by atoms with Crippen LogP contribution in [0.3, 0.4) is 0 Å². The molecule has 0 aromatic carbocycles. The molecule has 0 saturated heterocycles. The van der Waals surface area contributed by atoms with E-state index in [1.807, 2.05) is 6.55 Å². The molecule has 0 heterocycles. The third-order valence-electron chi connectivity index (χ3n) is 1.14. The number of carbonyl (C=O) groups excluding carboxylic acids is 1. The number of ether oxygens (including phenoxy) is 1. The van der Waals surface area contributed by atoms with Gasteiger partial charge in [-0.1, -0.05) is 15.9 Å². The first-order valence-corrected chi connectivity index (χ1v) is 7.17. The summed E-state index contributed by atoms with van der Waals surface area (Å²) < 4.78 is 4.77. The van der Waals surface area contributed by atoms with Crippen LogP contribution in [0.15, 0.2) is 0 Å². The van der Waals surface area contributed by atoms with Crippen molar-refractivity contribution in [2.45, 2.75) is 19.0 Å². The largest absolute Gasteiger partial charge is 0.465 e. The van der Waals surface area contributed by atoms with Crippen LogP contribution in [-0.2, 0) is 9.53 Å². The van der Waals surface area contributed by atoms with Crippen LogP contribution in [0.4, 0.5) is 0 Å². The van der Waals surface area contributed by atoms with E-state index in [0.29, 0.717) is 6.61 Å². The summed E-state index contributed by atoms with van der Waals surface area (Å²) in [5.74, 6) is -0.239. The molecule has 1 unspecified atom stereocenters. The van der Waals surface area contributed by atoms with Gasteiger partial charge in [0.25, 0.3) is 0 Å². The summed E-state index contributed by atoms with van der Waals surface area (Å²) in [5, 5.41) is 0.249. The van der Waals surface area contributed by atoms with E-state index in [9.17, 15) is 4.79 Å². The van der Waals surface area contributed by atoms with Crippen LogP contribution < -0.4 is 0 Å². The number of esters is 1. The molecule has 11 heavy (non-hydrogen) atoms. The Bertz CT molecular complexity index is 118. The van der Waals surface area contributed by atoms with Crippen molar-refractivity contribution in [2.75, 3.05) is 11.9 Å². The lowest BCUT2D eigenvalue weighted by molar-refractivity contribution is -0.140. The standard InChI is InChI=1S/C6H13BrO3Si/c1-11(9)4-2-3-10-6(8)5-7/h9,11H,2-5H2,1H3. The van der Waals surface area contributed by atoms with E-state index in [1.165, 1.54) is 0 Å². The summed E-state index contributed by atoms with van der Waals surface area (Å²) >= 11 is 2.98. The first-order chi connectivity index (χ1) is 5.16. The average Bonchev–Trinajstić information content (AvgIpc) is 1.97. The number of rotatable bonds is 5. The molecule has 0 aromatic rings. The highest BCUT2D eigenvalue weighted by Crippen LogP contribution is 1.95. The fourth-order valence-electron chi connectivity index (χ4n) is 0.603. The van der Waals surface area contributed by atoms with E-state index in [2.05, 4.69) is 15.9 Å². The Morgan fingerprint density at radius 1 is 1.73 bits per heavy atom. The number of carbonyl (C=O) groups is 1. The summed E-state index contributed by atoms with van der Waals surface area (Å²) in [6.07, 6.45) is 0.780. The zero-order valence-electron chi connectivity index (χ0n) is 6.55. The second kappa shape index (κ2) is 6.81. The van der Waals surface area contributed by atoms with Crippen LogP contribution in [0.2, 0.25) is 12.6 Å². The summed E-state index contributed by atoms with van der Waals surface area (Å²) in [6, 6.07) is 0.815. The predicted molar refractivity (Wildman–Crippen MR) is 49.4 cm³/mol. The molecule has 0 aliphatic carbocycles. The maximum absolute atomic E-state index is 10.5. The minimum absolute atomic E-state index is 0.239. The molecule has 0 rings (SSSR count). The second-order valence-electron chi connectivity index (χ2n) is 2.35. The molecule has 0 amide bonds. The van der Waals surface area contributed by atoms with Gasteiger partial charge >= 0.3 is 5.97 Å². The molecular formula is C6H13BrO3Si. The van der Waals surface area contributed by atoms with Gasteiger partial charge in [-0.15, -0.1) is 0 Å². The molecule has 0 bridgehead atoms. The Labute approximate surface area is 76.6 Å². The maximum Gasteiger partial charge on any atom is 0.316 e. The quantitative estimate of drug-likeness (QED) is 0.333. The molecule has 0 saturated carbocycles. The molecule has 0 fully saturated rings. The van der Waals surface area contributed by atoms with Gasteiger partial charge in [0, 0.05) is 0 Å². The Morgan fingerprint density at radius 2 is 2.36 bits per heavy atom. The number of halogens is 1. The molecule has 3 nitrogen and oxygen atoms in total. The van der Waals surface area contributed by atoms with Gasteiger partial charge in [0.15, 0.2) is 9.04 Å². The summed E-state index contributed by atoms with van der Waals surface area (Å²) in [5.41, 5.74) is 0. The van der Waals surface area contributed by atoms with E-state index in [-0.39, 0.29) is 11.3 Å². The van der Waals surface area contributed by atoms with Crippen molar-refractivity contribution in [3.8, 4) is 0 Å². The first kappa shape index (κ1) is 11.1. The zero-order valence-corrected chi connectivity index (χ0v) is 9.29.